The molecule has 0 aromatic carbocycles. The van der Waals surface area contributed by atoms with Gasteiger partial charge >= 0.3 is 0 Å². The van der Waals surface area contributed by atoms with E-state index in [0.717, 1.165) is 50.3 Å². The second kappa shape index (κ2) is 5.50. The highest BCUT2D eigenvalue weighted by molar-refractivity contribution is 7.09. The minimum Gasteiger partial charge on any atom is -0.377 e. The Bertz CT molecular complexity index is 383. The van der Waals surface area contributed by atoms with Crippen LogP contribution in [-0.2, 0) is 4.74 Å². The van der Waals surface area contributed by atoms with Gasteiger partial charge in [0.2, 0.25) is 5.13 Å². The molecule has 2 aliphatic rings. The third-order valence-electron chi connectivity index (χ3n) is 3.65. The zero-order chi connectivity index (χ0) is 12.4. The van der Waals surface area contributed by atoms with Crippen LogP contribution in [0.2, 0.25) is 0 Å². The highest BCUT2D eigenvalue weighted by atomic mass is 32.1. The Morgan fingerprint density at radius 3 is 2.78 bits per heavy atom. The van der Waals surface area contributed by atoms with Crippen molar-refractivity contribution >= 4 is 16.7 Å². The largest absolute Gasteiger partial charge is 0.377 e. The van der Waals surface area contributed by atoms with Crippen molar-refractivity contribution in [2.75, 3.05) is 44.2 Å². The molecule has 18 heavy (non-hydrogen) atoms. The highest BCUT2D eigenvalue weighted by Gasteiger charge is 2.23. The molecule has 100 valence electrons. The second-order valence-corrected chi connectivity index (χ2v) is 5.78. The summed E-state index contributed by atoms with van der Waals surface area (Å²) in [5.41, 5.74) is 0. The van der Waals surface area contributed by atoms with Gasteiger partial charge in [0.25, 0.3) is 0 Å². The molecule has 0 bridgehead atoms. The lowest BCUT2D eigenvalue weighted by atomic mass is 10.2. The molecule has 0 N–H and O–H groups in total. The molecule has 2 saturated heterocycles. The molecular weight excluding hydrogens is 248 g/mol. The number of hydrogen-bond acceptors (Lipinski definition) is 6. The van der Waals surface area contributed by atoms with Gasteiger partial charge in [-0.15, -0.1) is 0 Å². The lowest BCUT2D eigenvalue weighted by molar-refractivity contribution is 0.0713. The normalized spacial score (nSPS) is 25.8. The van der Waals surface area contributed by atoms with E-state index in [1.54, 1.807) is 0 Å². The van der Waals surface area contributed by atoms with Gasteiger partial charge in [-0.1, -0.05) is 0 Å². The average Bonchev–Trinajstić information content (AvgIpc) is 3.02. The monoisotopic (exact) mass is 268 g/mol. The Balaban J connectivity index is 1.48. The van der Waals surface area contributed by atoms with Gasteiger partial charge in [-0.25, -0.2) is 4.98 Å². The minimum absolute atomic E-state index is 0.473. The number of aryl methyl sites for hydroxylation is 1. The first-order chi connectivity index (χ1) is 8.81. The van der Waals surface area contributed by atoms with E-state index < -0.39 is 0 Å². The van der Waals surface area contributed by atoms with Crippen molar-refractivity contribution in [1.82, 2.24) is 14.3 Å². The Kier molecular flexibility index (Phi) is 3.77. The van der Waals surface area contributed by atoms with Gasteiger partial charge in [0.05, 0.1) is 6.10 Å². The summed E-state index contributed by atoms with van der Waals surface area (Å²) in [7, 11) is 0. The van der Waals surface area contributed by atoms with E-state index in [1.165, 1.54) is 24.4 Å². The SMILES string of the molecule is Cc1nsc(N2CCN(C[C@H]3CCCO3)CC2)n1. The second-order valence-electron chi connectivity index (χ2n) is 5.05. The van der Waals surface area contributed by atoms with Crippen LogP contribution in [0.3, 0.4) is 0 Å². The number of ether oxygens (including phenoxy) is 1. The lowest BCUT2D eigenvalue weighted by Crippen LogP contribution is -2.48. The Hall–Kier alpha value is -0.720. The number of rotatable bonds is 3. The summed E-state index contributed by atoms with van der Waals surface area (Å²) in [6.45, 7) is 8.34. The van der Waals surface area contributed by atoms with Crippen LogP contribution in [0, 0.1) is 6.92 Å². The molecule has 0 aliphatic carbocycles. The van der Waals surface area contributed by atoms with Crippen molar-refractivity contribution in [3.63, 3.8) is 0 Å². The summed E-state index contributed by atoms with van der Waals surface area (Å²) in [5.74, 6) is 0.886. The molecule has 2 aliphatic heterocycles. The van der Waals surface area contributed by atoms with Crippen LogP contribution < -0.4 is 4.90 Å². The molecule has 3 rings (SSSR count). The van der Waals surface area contributed by atoms with Crippen molar-refractivity contribution in [2.24, 2.45) is 0 Å². The quantitative estimate of drug-likeness (QED) is 0.822. The third-order valence-corrected chi connectivity index (χ3v) is 4.51. The fourth-order valence-electron chi connectivity index (χ4n) is 2.61. The molecule has 0 amide bonds. The number of nitrogens with zero attached hydrogens (tertiary/aromatic N) is 4. The number of piperazine rings is 1. The maximum absolute atomic E-state index is 5.69. The van der Waals surface area contributed by atoms with Crippen LogP contribution in [0.25, 0.3) is 0 Å². The van der Waals surface area contributed by atoms with E-state index in [0.29, 0.717) is 6.10 Å². The summed E-state index contributed by atoms with van der Waals surface area (Å²) < 4.78 is 9.94. The van der Waals surface area contributed by atoms with E-state index in [-0.39, 0.29) is 0 Å². The van der Waals surface area contributed by atoms with Gasteiger partial charge in [-0.2, -0.15) is 4.37 Å². The topological polar surface area (TPSA) is 41.5 Å². The van der Waals surface area contributed by atoms with E-state index in [2.05, 4.69) is 19.2 Å². The summed E-state index contributed by atoms with van der Waals surface area (Å²) in [6.07, 6.45) is 2.94. The first-order valence-corrected chi connectivity index (χ1v) is 7.48. The molecule has 0 spiro atoms. The molecule has 2 fully saturated rings. The molecule has 0 radical (unpaired) electrons. The molecule has 1 atom stereocenters. The maximum atomic E-state index is 5.69. The standard InChI is InChI=1S/C12H20N4OS/c1-10-13-12(18-14-10)16-6-4-15(5-7-16)9-11-3-2-8-17-11/h11H,2-9H2,1H3/t11-/m1/s1. The van der Waals surface area contributed by atoms with Gasteiger partial charge in [-0.05, 0) is 19.8 Å². The number of aromatic nitrogens is 2. The molecule has 6 heteroatoms. The van der Waals surface area contributed by atoms with Gasteiger partial charge in [-0.3, -0.25) is 4.90 Å². The van der Waals surface area contributed by atoms with Crippen LogP contribution in [-0.4, -0.2) is 59.7 Å². The van der Waals surface area contributed by atoms with Crippen molar-refractivity contribution in [2.45, 2.75) is 25.9 Å². The zero-order valence-corrected chi connectivity index (χ0v) is 11.7. The van der Waals surface area contributed by atoms with Crippen molar-refractivity contribution < 1.29 is 4.74 Å². The first-order valence-electron chi connectivity index (χ1n) is 6.70. The predicted molar refractivity (Wildman–Crippen MR) is 72.3 cm³/mol. The van der Waals surface area contributed by atoms with Crippen molar-refractivity contribution in [3.05, 3.63) is 5.82 Å². The van der Waals surface area contributed by atoms with Crippen LogP contribution >= 0.6 is 11.5 Å². The average molecular weight is 268 g/mol. The summed E-state index contributed by atoms with van der Waals surface area (Å²) in [5, 5.41) is 1.07. The van der Waals surface area contributed by atoms with Gasteiger partial charge < -0.3 is 9.64 Å². The van der Waals surface area contributed by atoms with E-state index in [1.807, 2.05) is 6.92 Å². The Morgan fingerprint density at radius 2 is 2.17 bits per heavy atom. The third kappa shape index (κ3) is 2.81. The first kappa shape index (κ1) is 12.3. The summed E-state index contributed by atoms with van der Waals surface area (Å²) >= 11 is 1.51. The van der Waals surface area contributed by atoms with E-state index in [4.69, 9.17) is 4.74 Å². The molecule has 1 aromatic heterocycles. The van der Waals surface area contributed by atoms with Gasteiger partial charge in [0.1, 0.15) is 5.82 Å². The van der Waals surface area contributed by atoms with E-state index >= 15 is 0 Å². The summed E-state index contributed by atoms with van der Waals surface area (Å²) in [6, 6.07) is 0. The fourth-order valence-corrected chi connectivity index (χ4v) is 3.34. The fraction of sp³-hybridized carbons (Fsp3) is 0.833. The minimum atomic E-state index is 0.473. The van der Waals surface area contributed by atoms with Gasteiger partial charge in [0.15, 0.2) is 0 Å². The molecule has 1 aromatic rings. The Morgan fingerprint density at radius 1 is 1.33 bits per heavy atom. The Labute approximate surface area is 112 Å². The molecule has 0 saturated carbocycles. The van der Waals surface area contributed by atoms with Crippen molar-refractivity contribution in [3.8, 4) is 0 Å². The molecule has 3 heterocycles. The van der Waals surface area contributed by atoms with Gasteiger partial charge in [0, 0.05) is 50.9 Å². The zero-order valence-electron chi connectivity index (χ0n) is 10.8. The highest BCUT2D eigenvalue weighted by Crippen LogP contribution is 2.20. The maximum Gasteiger partial charge on any atom is 0.205 e. The van der Waals surface area contributed by atoms with E-state index in [9.17, 15) is 0 Å². The lowest BCUT2D eigenvalue weighted by Gasteiger charge is -2.35. The molecule has 5 nitrogen and oxygen atoms in total. The van der Waals surface area contributed by atoms with Crippen LogP contribution in [0.4, 0.5) is 5.13 Å². The summed E-state index contributed by atoms with van der Waals surface area (Å²) in [4.78, 5) is 9.31. The number of anilines is 1. The van der Waals surface area contributed by atoms with Crippen LogP contribution in [0.5, 0.6) is 0 Å². The van der Waals surface area contributed by atoms with Crippen molar-refractivity contribution in [1.29, 1.82) is 0 Å². The molecular formula is C12H20N4OS. The predicted octanol–water partition coefficient (Wildman–Crippen LogP) is 1.15. The van der Waals surface area contributed by atoms with Crippen LogP contribution in [0.15, 0.2) is 0 Å². The number of hydrogen-bond donors (Lipinski definition) is 0. The smallest absolute Gasteiger partial charge is 0.205 e. The molecule has 0 unspecified atom stereocenters. The van der Waals surface area contributed by atoms with Crippen LogP contribution in [0.1, 0.15) is 18.7 Å².